The Balaban J connectivity index is 1.00. The number of aromatic nitrogens is 2. The average Bonchev–Trinajstić information content (AvgIpc) is 1.96. The van der Waals surface area contributed by atoms with E-state index < -0.39 is 113 Å². The first-order chi connectivity index (χ1) is 40.5. The topological polar surface area (TPSA) is 240 Å². The number of aliphatic hydroxyl groups excluding tert-OH is 1. The number of carboxylic acid groups (broad SMARTS) is 1. The monoisotopic (exact) mass is 1180 g/mol. The predicted octanol–water partition coefficient (Wildman–Crippen LogP) is 7.35. The number of esters is 2. The van der Waals surface area contributed by atoms with E-state index in [4.69, 9.17) is 43.2 Å². The highest BCUT2D eigenvalue weighted by Gasteiger charge is 2.59. The van der Waals surface area contributed by atoms with Crippen LogP contribution < -0.4 is 10.3 Å². The van der Waals surface area contributed by atoms with Crippen molar-refractivity contribution in [3.05, 3.63) is 82.2 Å². The third kappa shape index (κ3) is 13.3. The Bertz CT molecular complexity index is 3280. The number of fused-ring (bicyclic) bond motifs is 3. The Morgan fingerprint density at radius 2 is 1.71 bits per heavy atom. The molecule has 2 aromatic carbocycles. The Labute approximate surface area is 494 Å². The zero-order chi connectivity index (χ0) is 61.2. The molecule has 2 aromatic heterocycles. The summed E-state index contributed by atoms with van der Waals surface area (Å²) in [4.78, 5) is 84.1. The van der Waals surface area contributed by atoms with Crippen LogP contribution in [0.5, 0.6) is 0 Å². The highest BCUT2D eigenvalue weighted by molar-refractivity contribution is 5.94. The lowest BCUT2D eigenvalue weighted by Crippen LogP contribution is -2.60. The fraction of sp³-hybridized carbons (Fsp3) is 0.603. The zero-order valence-electron chi connectivity index (χ0n) is 50.4. The number of aromatic carboxylic acids is 1. The van der Waals surface area contributed by atoms with Crippen molar-refractivity contribution in [1.82, 2.24) is 19.4 Å². The third-order valence-corrected chi connectivity index (χ3v) is 18.1. The van der Waals surface area contributed by atoms with Crippen LogP contribution in [0.4, 0.5) is 14.9 Å². The molecule has 1 saturated carbocycles. The maximum atomic E-state index is 15.9. The van der Waals surface area contributed by atoms with Crippen molar-refractivity contribution >= 4 is 57.1 Å². The van der Waals surface area contributed by atoms with Gasteiger partial charge in [-0.1, -0.05) is 69.0 Å². The van der Waals surface area contributed by atoms with E-state index in [0.717, 1.165) is 29.7 Å². The van der Waals surface area contributed by atoms with Gasteiger partial charge in [-0.15, -0.1) is 0 Å². The second kappa shape index (κ2) is 26.1. The van der Waals surface area contributed by atoms with Gasteiger partial charge in [0, 0.05) is 104 Å². The molecule has 4 aromatic rings. The summed E-state index contributed by atoms with van der Waals surface area (Å²) >= 11 is 0. The number of aliphatic hydroxyl groups is 1. The molecule has 22 heteroatoms. The number of carboxylic acids is 1. The van der Waals surface area contributed by atoms with Crippen LogP contribution in [0, 0.1) is 41.3 Å². The zero-order valence-corrected chi connectivity index (χ0v) is 50.4. The number of methoxy groups -OCH3 is 1. The summed E-state index contributed by atoms with van der Waals surface area (Å²) in [7, 11) is 5.27. The first-order valence-corrected chi connectivity index (χ1v) is 29.6. The van der Waals surface area contributed by atoms with E-state index in [1.54, 1.807) is 50.7 Å². The van der Waals surface area contributed by atoms with Gasteiger partial charge in [-0.25, -0.2) is 14.0 Å². The summed E-state index contributed by atoms with van der Waals surface area (Å²) in [6.07, 6.45) is -0.876. The number of rotatable bonds is 14. The normalized spacial score (nSPS) is 32.0. The molecule has 4 aliphatic heterocycles. The Morgan fingerprint density at radius 3 is 2.39 bits per heavy atom. The second-order valence-electron chi connectivity index (χ2n) is 24.3. The van der Waals surface area contributed by atoms with E-state index in [2.05, 4.69) is 21.7 Å². The van der Waals surface area contributed by atoms with Crippen LogP contribution in [0.2, 0.25) is 0 Å². The number of likely N-dealkylation sites (N-methyl/N-ethyl adjacent to an activating group) is 1. The molecule has 21 nitrogen and oxygen atoms in total. The smallest absolute Gasteiger partial charge is 0.477 e. The van der Waals surface area contributed by atoms with Crippen LogP contribution >= 0.6 is 0 Å². The maximum Gasteiger partial charge on any atom is 0.509 e. The molecule has 0 radical (unpaired) electrons. The van der Waals surface area contributed by atoms with E-state index in [0.29, 0.717) is 49.4 Å². The molecule has 0 amide bonds. The van der Waals surface area contributed by atoms with Crippen molar-refractivity contribution in [3.63, 3.8) is 0 Å². The maximum absolute atomic E-state index is 15.9. The van der Waals surface area contributed by atoms with E-state index in [-0.39, 0.29) is 61.7 Å². The highest BCUT2D eigenvalue weighted by Crippen LogP contribution is 2.44. The second-order valence-corrected chi connectivity index (χ2v) is 24.3. The molecule has 5 fully saturated rings. The molecular formula is C63H81FN6O15. The predicted molar refractivity (Wildman–Crippen MR) is 312 cm³/mol. The van der Waals surface area contributed by atoms with Gasteiger partial charge in [0.05, 0.1) is 52.6 Å². The lowest BCUT2D eigenvalue weighted by molar-refractivity contribution is -0.301. The lowest BCUT2D eigenvalue weighted by atomic mass is 9.73. The number of hydrogen-bond acceptors (Lipinski definition) is 19. The van der Waals surface area contributed by atoms with Gasteiger partial charge in [0.1, 0.15) is 29.7 Å². The van der Waals surface area contributed by atoms with Gasteiger partial charge in [0.15, 0.2) is 24.6 Å². The molecule has 9 rings (SSSR count). The van der Waals surface area contributed by atoms with Crippen molar-refractivity contribution in [3.8, 4) is 11.8 Å². The van der Waals surface area contributed by atoms with Crippen molar-refractivity contribution in [2.75, 3.05) is 65.4 Å². The fourth-order valence-electron chi connectivity index (χ4n) is 13.1. The standard InChI is InChI=1S/C63H81FN6O15/c1-12-50-63(8)57(84-61(77)85-63)37(4)52(66-79-27-15-17-41-33-65-32-40-16-13-14-18-43(40)41)35(2)31-62(7,78-11)56(83-60-54(73)49(67(9)10)28-36(3)80-60)38(5)55(39(6)59(76)81-50)82-51(71)21-22-68-23-25-69(26-24-68)48-30-47-44(29-46(48)64)53(72)45(58(74)75)34-70(47)42-19-20-42/h13-14,16,18,29-30,32-39,42,49-50,54-57,60,73H,12,19-28,31H2,1-11H3,(H,74,75)/b66-52+/t35-,36-,37+,38+,39-,49+,50-,54-,55+,56-,57-,60+,62-,63-/m1/s1. The van der Waals surface area contributed by atoms with Gasteiger partial charge < -0.3 is 62.6 Å². The van der Waals surface area contributed by atoms with Crippen molar-refractivity contribution in [1.29, 1.82) is 0 Å². The number of carbonyl (C=O) groups excluding carboxylic acids is 3. The Hall–Kier alpha value is -6.74. The quantitative estimate of drug-likeness (QED) is 0.0412. The molecule has 14 atom stereocenters. The molecular weight excluding hydrogens is 1100 g/mol. The molecule has 1 aliphatic carbocycles. The van der Waals surface area contributed by atoms with Crippen LogP contribution in [-0.4, -0.2) is 180 Å². The molecule has 0 unspecified atom stereocenters. The van der Waals surface area contributed by atoms with Gasteiger partial charge in [-0.05, 0) is 86.0 Å². The number of hydrogen-bond donors (Lipinski definition) is 2. The average molecular weight is 1180 g/mol. The van der Waals surface area contributed by atoms with Crippen molar-refractivity contribution in [2.24, 2.45) is 28.8 Å². The minimum atomic E-state index is -1.54. The molecule has 4 saturated heterocycles. The summed E-state index contributed by atoms with van der Waals surface area (Å²) in [6, 6.07) is 10.2. The van der Waals surface area contributed by atoms with E-state index in [1.807, 2.05) is 75.9 Å². The number of anilines is 1. The summed E-state index contributed by atoms with van der Waals surface area (Å²) in [5.74, 6) is -0.469. The van der Waals surface area contributed by atoms with Crippen molar-refractivity contribution in [2.45, 2.75) is 160 Å². The summed E-state index contributed by atoms with van der Waals surface area (Å²) in [5, 5.41) is 28.3. The molecule has 85 heavy (non-hydrogen) atoms. The van der Waals surface area contributed by atoms with E-state index in [9.17, 15) is 34.2 Å². The summed E-state index contributed by atoms with van der Waals surface area (Å²) in [6.45, 7) is 16.1. The van der Waals surface area contributed by atoms with E-state index >= 15 is 4.39 Å². The Morgan fingerprint density at radius 1 is 0.976 bits per heavy atom. The molecule has 460 valence electrons. The minimum absolute atomic E-state index is 0.0108. The number of pyridine rings is 2. The molecule has 0 bridgehead atoms. The summed E-state index contributed by atoms with van der Waals surface area (Å²) in [5.41, 5.74) is -2.10. The van der Waals surface area contributed by atoms with Crippen molar-refractivity contribution < 1.29 is 71.8 Å². The third-order valence-electron chi connectivity index (χ3n) is 18.1. The fourth-order valence-corrected chi connectivity index (χ4v) is 13.1. The van der Waals surface area contributed by atoms with Crippen LogP contribution in [0.3, 0.4) is 0 Å². The largest absolute Gasteiger partial charge is 0.509 e. The number of oxime groups is 1. The molecule has 0 spiro atoms. The number of carbonyl (C=O) groups is 4. The van der Waals surface area contributed by atoms with Gasteiger partial charge >= 0.3 is 24.1 Å². The summed E-state index contributed by atoms with van der Waals surface area (Å²) < 4.78 is 62.6. The first-order valence-electron chi connectivity index (χ1n) is 29.6. The van der Waals surface area contributed by atoms with Crippen LogP contribution in [0.25, 0.3) is 21.7 Å². The number of ether oxygens (including phenoxy) is 7. The minimum Gasteiger partial charge on any atom is -0.477 e. The van der Waals surface area contributed by atoms with Gasteiger partial charge in [0.25, 0.3) is 0 Å². The number of piperazine rings is 1. The highest BCUT2D eigenvalue weighted by atomic mass is 19.1. The number of cyclic esters (lactones) is 1. The van der Waals surface area contributed by atoms with Gasteiger partial charge in [-0.2, -0.15) is 0 Å². The lowest BCUT2D eigenvalue weighted by Gasteiger charge is -2.48. The Kier molecular flexibility index (Phi) is 19.3. The SMILES string of the molecule is CC[C@H]1OC(=O)[C@H](C)[C@@H](OC(=O)CCN2CCN(c3cc4c(cc3F)c(=O)c(C(=O)O)cn4C3CC3)CC2)[C@H](C)[C@@H](O[C@@H]2O[C@H](C)C[C@H](N(C)C)[C@H]2O)[C@](C)(OC)C[C@@H](C)/C(=N\OCC#Cc2cncc3ccccc23)[C@H](C)[C@H]2OC(=O)O[C@@]21C. The van der Waals surface area contributed by atoms with Crippen LogP contribution in [0.15, 0.2) is 64.9 Å². The van der Waals surface area contributed by atoms with Gasteiger partial charge in [0.2, 0.25) is 5.43 Å². The van der Waals surface area contributed by atoms with E-state index in [1.165, 1.54) is 13.3 Å². The van der Waals surface area contributed by atoms with Crippen LogP contribution in [0.1, 0.15) is 116 Å². The molecule has 2 N–H and O–H groups in total. The number of nitrogens with zero attached hydrogens (tertiary/aromatic N) is 6. The molecule has 6 heterocycles. The number of halogens is 1. The van der Waals surface area contributed by atoms with Gasteiger partial charge in [-0.3, -0.25) is 24.3 Å². The molecule has 5 aliphatic rings. The van der Waals surface area contributed by atoms with Crippen LogP contribution in [-0.2, 0) is 47.6 Å². The number of benzene rings is 2. The first kappa shape index (κ1) is 62.8.